The molecule has 19 heavy (non-hydrogen) atoms. The van der Waals surface area contributed by atoms with Crippen molar-refractivity contribution in [1.82, 2.24) is 9.88 Å². The molecule has 0 bridgehead atoms. The average Bonchev–Trinajstić information content (AvgIpc) is 2.66. The Morgan fingerprint density at radius 1 is 1.37 bits per heavy atom. The smallest absolute Gasteiger partial charge is 0.362 e. The molecule has 104 valence electrons. The summed E-state index contributed by atoms with van der Waals surface area (Å²) in [6, 6.07) is 4.81. The fourth-order valence-corrected chi connectivity index (χ4v) is 2.23. The molecule has 2 aromatic rings. The maximum Gasteiger partial charge on any atom is 0.446 e. The van der Waals surface area contributed by atoms with Crippen LogP contribution in [0.4, 0.5) is 0 Å². The van der Waals surface area contributed by atoms with Gasteiger partial charge in [-0.25, -0.2) is 0 Å². The predicted octanol–water partition coefficient (Wildman–Crippen LogP) is 1.45. The summed E-state index contributed by atoms with van der Waals surface area (Å²) in [5.74, 6) is 0.0979. The molecule has 1 aromatic heterocycles. The Bertz CT molecular complexity index is 676. The number of likely N-dealkylation sites (N-methyl/N-ethyl adjacent to an activating group) is 1. The van der Waals surface area contributed by atoms with Crippen LogP contribution in [0.5, 0.6) is 5.75 Å². The van der Waals surface area contributed by atoms with Gasteiger partial charge in [-0.05, 0) is 44.3 Å². The lowest BCUT2D eigenvalue weighted by molar-refractivity contribution is 0.387. The van der Waals surface area contributed by atoms with Crippen LogP contribution in [0.1, 0.15) is 5.56 Å². The Kier molecular flexibility index (Phi) is 3.79. The standard InChI is InChI=1S/C12H16N2O4S/c1-14(2)6-5-9-8-13-12-4-3-10(7-11(9)12)18-19(15,16)17/h3-4,7-8,13H,5-6H2,1-2H3,(H,15,16,17). The minimum Gasteiger partial charge on any atom is -0.362 e. The molecule has 6 nitrogen and oxygen atoms in total. The molecular formula is C12H16N2O4S. The van der Waals surface area contributed by atoms with E-state index in [0.717, 1.165) is 29.4 Å². The maximum absolute atomic E-state index is 10.7. The SMILES string of the molecule is CN(C)CCc1c[nH]c2ccc(OS(=O)(=O)O)cc12. The highest BCUT2D eigenvalue weighted by Gasteiger charge is 2.10. The third kappa shape index (κ3) is 3.69. The molecule has 0 atom stereocenters. The van der Waals surface area contributed by atoms with Gasteiger partial charge in [-0.15, -0.1) is 0 Å². The van der Waals surface area contributed by atoms with Crippen molar-refractivity contribution in [3.05, 3.63) is 30.0 Å². The zero-order valence-corrected chi connectivity index (χ0v) is 11.6. The second-order valence-corrected chi connectivity index (χ2v) is 5.61. The average molecular weight is 284 g/mol. The van der Waals surface area contributed by atoms with E-state index >= 15 is 0 Å². The van der Waals surface area contributed by atoms with Crippen LogP contribution >= 0.6 is 0 Å². The van der Waals surface area contributed by atoms with E-state index in [0.29, 0.717) is 0 Å². The first kappa shape index (κ1) is 13.9. The Hall–Kier alpha value is -1.57. The Balaban J connectivity index is 2.31. The summed E-state index contributed by atoms with van der Waals surface area (Å²) in [7, 11) is -0.510. The minimum absolute atomic E-state index is 0.0979. The second-order valence-electron chi connectivity index (χ2n) is 4.59. The number of hydrogen-bond acceptors (Lipinski definition) is 4. The van der Waals surface area contributed by atoms with Crippen LogP contribution in [0.25, 0.3) is 10.9 Å². The molecular weight excluding hydrogens is 268 g/mol. The van der Waals surface area contributed by atoms with Gasteiger partial charge in [0, 0.05) is 23.6 Å². The van der Waals surface area contributed by atoms with Crippen LogP contribution in [-0.4, -0.2) is 43.5 Å². The van der Waals surface area contributed by atoms with Crippen LogP contribution in [0, 0.1) is 0 Å². The molecule has 0 unspecified atom stereocenters. The summed E-state index contributed by atoms with van der Waals surface area (Å²) in [5, 5.41) is 0.892. The van der Waals surface area contributed by atoms with Crippen molar-refractivity contribution in [2.75, 3.05) is 20.6 Å². The van der Waals surface area contributed by atoms with Crippen molar-refractivity contribution in [3.8, 4) is 5.75 Å². The summed E-state index contributed by atoms with van der Waals surface area (Å²) in [4.78, 5) is 5.18. The van der Waals surface area contributed by atoms with Crippen molar-refractivity contribution in [3.63, 3.8) is 0 Å². The topological polar surface area (TPSA) is 82.6 Å². The van der Waals surface area contributed by atoms with Crippen LogP contribution in [-0.2, 0) is 16.8 Å². The minimum atomic E-state index is -4.49. The van der Waals surface area contributed by atoms with Gasteiger partial charge in [0.2, 0.25) is 0 Å². The number of aromatic nitrogens is 1. The summed E-state index contributed by atoms with van der Waals surface area (Å²) in [6.07, 6.45) is 2.73. The monoisotopic (exact) mass is 284 g/mol. The van der Waals surface area contributed by atoms with Gasteiger partial charge in [0.15, 0.2) is 0 Å². The second kappa shape index (κ2) is 5.20. The fraction of sp³-hybridized carbons (Fsp3) is 0.333. The van der Waals surface area contributed by atoms with E-state index in [-0.39, 0.29) is 5.75 Å². The van der Waals surface area contributed by atoms with Crippen LogP contribution < -0.4 is 4.18 Å². The van der Waals surface area contributed by atoms with Gasteiger partial charge >= 0.3 is 10.4 Å². The summed E-state index contributed by atoms with van der Waals surface area (Å²) in [6.45, 7) is 0.885. The van der Waals surface area contributed by atoms with Crippen molar-refractivity contribution in [1.29, 1.82) is 0 Å². The molecule has 2 rings (SSSR count). The first-order valence-corrected chi connectivity index (χ1v) is 7.13. The van der Waals surface area contributed by atoms with Crippen molar-refractivity contribution >= 4 is 21.3 Å². The molecule has 0 saturated carbocycles. The zero-order valence-electron chi connectivity index (χ0n) is 10.8. The molecule has 7 heteroatoms. The van der Waals surface area contributed by atoms with Crippen molar-refractivity contribution in [2.45, 2.75) is 6.42 Å². The lowest BCUT2D eigenvalue weighted by Gasteiger charge is -2.08. The largest absolute Gasteiger partial charge is 0.446 e. The van der Waals surface area contributed by atoms with Gasteiger partial charge in [-0.3, -0.25) is 4.55 Å². The number of rotatable bonds is 5. The highest BCUT2D eigenvalue weighted by molar-refractivity contribution is 7.81. The van der Waals surface area contributed by atoms with E-state index in [4.69, 9.17) is 4.55 Å². The van der Waals surface area contributed by atoms with Gasteiger partial charge in [0.05, 0.1) is 0 Å². The Labute approximate surface area is 111 Å². The van der Waals surface area contributed by atoms with E-state index in [2.05, 4.69) is 14.1 Å². The van der Waals surface area contributed by atoms with Gasteiger partial charge in [-0.2, -0.15) is 8.42 Å². The van der Waals surface area contributed by atoms with E-state index in [1.165, 1.54) is 6.07 Å². The van der Waals surface area contributed by atoms with Gasteiger partial charge < -0.3 is 14.1 Å². The summed E-state index contributed by atoms with van der Waals surface area (Å²) < 4.78 is 34.5. The number of fused-ring (bicyclic) bond motifs is 1. The van der Waals surface area contributed by atoms with Crippen LogP contribution in [0.2, 0.25) is 0 Å². The molecule has 0 radical (unpaired) electrons. The number of benzene rings is 1. The molecule has 0 aliphatic rings. The molecule has 0 spiro atoms. The van der Waals surface area contributed by atoms with Crippen LogP contribution in [0.3, 0.4) is 0 Å². The lowest BCUT2D eigenvalue weighted by Crippen LogP contribution is -2.14. The predicted molar refractivity (Wildman–Crippen MR) is 72.7 cm³/mol. The van der Waals surface area contributed by atoms with Crippen molar-refractivity contribution < 1.29 is 17.2 Å². The first-order chi connectivity index (χ1) is 8.85. The Morgan fingerprint density at radius 2 is 2.11 bits per heavy atom. The molecule has 1 heterocycles. The normalized spacial score (nSPS) is 12.2. The van der Waals surface area contributed by atoms with Crippen molar-refractivity contribution in [2.24, 2.45) is 0 Å². The van der Waals surface area contributed by atoms with Gasteiger partial charge in [0.1, 0.15) is 5.75 Å². The third-order valence-corrected chi connectivity index (χ3v) is 3.17. The van der Waals surface area contributed by atoms with E-state index in [1.54, 1.807) is 12.1 Å². The Morgan fingerprint density at radius 3 is 2.74 bits per heavy atom. The molecule has 0 aliphatic carbocycles. The fourth-order valence-electron chi connectivity index (χ4n) is 1.88. The summed E-state index contributed by atoms with van der Waals surface area (Å²) >= 11 is 0. The molecule has 0 amide bonds. The number of aromatic amines is 1. The molecule has 0 saturated heterocycles. The molecule has 2 N–H and O–H groups in total. The third-order valence-electron chi connectivity index (χ3n) is 2.77. The number of nitrogens with one attached hydrogen (secondary N) is 1. The quantitative estimate of drug-likeness (QED) is 0.812. The lowest BCUT2D eigenvalue weighted by atomic mass is 10.1. The van der Waals surface area contributed by atoms with E-state index in [9.17, 15) is 8.42 Å². The number of nitrogens with zero attached hydrogens (tertiary/aromatic N) is 1. The summed E-state index contributed by atoms with van der Waals surface area (Å²) in [5.41, 5.74) is 1.97. The molecule has 1 aromatic carbocycles. The highest BCUT2D eigenvalue weighted by Crippen LogP contribution is 2.24. The molecule has 0 aliphatic heterocycles. The van der Waals surface area contributed by atoms with E-state index < -0.39 is 10.4 Å². The number of H-pyrrole nitrogens is 1. The van der Waals surface area contributed by atoms with Crippen LogP contribution in [0.15, 0.2) is 24.4 Å². The molecule has 0 fully saturated rings. The van der Waals surface area contributed by atoms with Gasteiger partial charge in [0.25, 0.3) is 0 Å². The zero-order chi connectivity index (χ0) is 14.0. The first-order valence-electron chi connectivity index (χ1n) is 5.77. The highest BCUT2D eigenvalue weighted by atomic mass is 32.3. The van der Waals surface area contributed by atoms with E-state index in [1.807, 2.05) is 20.3 Å². The van der Waals surface area contributed by atoms with Gasteiger partial charge in [-0.1, -0.05) is 0 Å². The maximum atomic E-state index is 10.7. The number of hydrogen-bond donors (Lipinski definition) is 2.